The number of aliphatic carboxylic acids is 1. The van der Waals surface area contributed by atoms with E-state index in [4.69, 9.17) is 20.7 Å². The van der Waals surface area contributed by atoms with Gasteiger partial charge < -0.3 is 26.4 Å². The number of anilines is 1. The number of hydrogen-bond acceptors (Lipinski definition) is 8. The molecule has 5 N–H and O–H groups in total. The molecule has 16 heteroatoms. The third-order valence-corrected chi connectivity index (χ3v) is 8.48. The lowest BCUT2D eigenvalue weighted by molar-refractivity contribution is -0.192. The first-order valence-electron chi connectivity index (χ1n) is 16.5. The van der Waals surface area contributed by atoms with E-state index in [1.807, 2.05) is 60.7 Å². The van der Waals surface area contributed by atoms with E-state index in [1.165, 1.54) is 0 Å². The van der Waals surface area contributed by atoms with E-state index >= 15 is 0 Å². The Morgan fingerprint density at radius 2 is 1.73 bits per heavy atom. The number of hydrogen-bond donors (Lipinski definition) is 4. The van der Waals surface area contributed by atoms with Crippen LogP contribution in [0.5, 0.6) is 0 Å². The molecule has 0 spiro atoms. The number of pyridine rings is 2. The van der Waals surface area contributed by atoms with Crippen LogP contribution in [0.25, 0.3) is 10.9 Å². The maximum absolute atomic E-state index is 13.8. The summed E-state index contributed by atoms with van der Waals surface area (Å²) >= 11 is 0. The normalized spacial score (nSPS) is 16.0. The molecule has 13 nitrogen and oxygen atoms in total. The number of nitrogens with one attached hydrogen (secondary N) is 2. The fraction of sp³-hybridized carbons (Fsp3) is 0.306. The minimum absolute atomic E-state index is 0.0691. The van der Waals surface area contributed by atoms with Crippen molar-refractivity contribution in [3.8, 4) is 0 Å². The minimum atomic E-state index is -5.08. The SMILES string of the molecule is CC(N)C(=O)NCCCCN1N=C(c2ccc(NC(=O)N3Cc4ccncc4C3)cc2)CC(c2cccc3ncccc23)C1=O.O=C(O)C(F)(F)F. The van der Waals surface area contributed by atoms with Crippen molar-refractivity contribution in [2.75, 3.05) is 18.4 Å². The number of carboxylic acid groups (broad SMARTS) is 1. The molecule has 2 aromatic carbocycles. The molecule has 2 aromatic heterocycles. The van der Waals surface area contributed by atoms with Crippen molar-refractivity contribution in [1.29, 1.82) is 0 Å². The highest BCUT2D eigenvalue weighted by Crippen LogP contribution is 2.33. The molecule has 0 radical (unpaired) electrons. The third kappa shape index (κ3) is 9.25. The molecule has 2 unspecified atom stereocenters. The zero-order chi connectivity index (χ0) is 37.4. The number of benzene rings is 2. The summed E-state index contributed by atoms with van der Waals surface area (Å²) in [7, 11) is 0. The highest BCUT2D eigenvalue weighted by atomic mass is 19.4. The van der Waals surface area contributed by atoms with Crippen molar-refractivity contribution in [3.05, 3.63) is 102 Å². The lowest BCUT2D eigenvalue weighted by Crippen LogP contribution is -2.40. The van der Waals surface area contributed by atoms with Gasteiger partial charge in [-0.05, 0) is 72.4 Å². The molecule has 0 bridgehead atoms. The molecule has 6 rings (SSSR count). The van der Waals surface area contributed by atoms with Crippen LogP contribution in [0.1, 0.15) is 54.4 Å². The standard InChI is InChI=1S/C34H36N8O3.C2HF3O2/c1-22(35)32(43)38-14-2-3-17-42-33(44)29(27-6-4-8-30-28(27)7-5-15-37-30)18-31(40-42)23-9-11-26(12-10-23)39-34(45)41-20-24-13-16-36-19-25(24)21-41;3-2(4,5)1(6)7/h4-13,15-16,19,22,29H,2-3,14,17-18,20-21,35H2,1H3,(H,38,43)(H,39,45);(H,6,7). The second kappa shape index (κ2) is 16.4. The minimum Gasteiger partial charge on any atom is -0.475 e. The number of carbonyl (C=O) groups is 4. The first kappa shape index (κ1) is 37.4. The Bertz CT molecular complexity index is 1940. The molecular weight excluding hydrogens is 681 g/mol. The largest absolute Gasteiger partial charge is 0.490 e. The molecule has 272 valence electrons. The number of amides is 4. The first-order valence-corrected chi connectivity index (χ1v) is 16.5. The van der Waals surface area contributed by atoms with Crippen LogP contribution in [0.15, 0.2) is 84.4 Å². The van der Waals surface area contributed by atoms with Crippen molar-refractivity contribution < 1.29 is 37.5 Å². The Kier molecular flexibility index (Phi) is 11.8. The van der Waals surface area contributed by atoms with Crippen molar-refractivity contribution in [3.63, 3.8) is 0 Å². The summed E-state index contributed by atoms with van der Waals surface area (Å²) in [5.41, 5.74) is 11.9. The van der Waals surface area contributed by atoms with Crippen molar-refractivity contribution in [2.24, 2.45) is 10.8 Å². The molecule has 4 amide bonds. The summed E-state index contributed by atoms with van der Waals surface area (Å²) in [6.07, 6.45) is 1.98. The number of carbonyl (C=O) groups excluding carboxylic acids is 3. The van der Waals surface area contributed by atoms with Crippen LogP contribution in [0, 0.1) is 0 Å². The van der Waals surface area contributed by atoms with E-state index in [-0.39, 0.29) is 17.8 Å². The van der Waals surface area contributed by atoms with Gasteiger partial charge in [-0.3, -0.25) is 19.6 Å². The Labute approximate surface area is 296 Å². The summed E-state index contributed by atoms with van der Waals surface area (Å²) in [5.74, 6) is -3.46. The average Bonchev–Trinajstić information content (AvgIpc) is 3.57. The predicted molar refractivity (Wildman–Crippen MR) is 186 cm³/mol. The number of rotatable bonds is 9. The summed E-state index contributed by atoms with van der Waals surface area (Å²) < 4.78 is 31.7. The lowest BCUT2D eigenvalue weighted by atomic mass is 9.86. The van der Waals surface area contributed by atoms with Crippen LogP contribution in [0.2, 0.25) is 0 Å². The number of alkyl halides is 3. The monoisotopic (exact) mass is 718 g/mol. The zero-order valence-corrected chi connectivity index (χ0v) is 28.1. The smallest absolute Gasteiger partial charge is 0.475 e. The Balaban J connectivity index is 0.000000679. The van der Waals surface area contributed by atoms with Gasteiger partial charge in [-0.1, -0.05) is 30.3 Å². The number of unbranched alkanes of at least 4 members (excludes halogenated alkanes) is 1. The molecule has 2 aliphatic rings. The zero-order valence-electron chi connectivity index (χ0n) is 28.1. The van der Waals surface area contributed by atoms with E-state index in [0.29, 0.717) is 51.1 Å². The number of halogens is 3. The number of hydrazone groups is 1. The van der Waals surface area contributed by atoms with Crippen LogP contribution < -0.4 is 16.4 Å². The summed E-state index contributed by atoms with van der Waals surface area (Å²) in [6.45, 7) is 3.61. The molecular formula is C36H37F3N8O5. The van der Waals surface area contributed by atoms with E-state index in [0.717, 1.165) is 38.9 Å². The van der Waals surface area contributed by atoms with E-state index in [1.54, 1.807) is 35.4 Å². The van der Waals surface area contributed by atoms with Gasteiger partial charge in [0.2, 0.25) is 5.91 Å². The van der Waals surface area contributed by atoms with Gasteiger partial charge in [0.05, 0.1) is 23.2 Å². The van der Waals surface area contributed by atoms with E-state index < -0.39 is 24.1 Å². The highest BCUT2D eigenvalue weighted by molar-refractivity contribution is 6.07. The van der Waals surface area contributed by atoms with Crippen LogP contribution in [-0.4, -0.2) is 79.8 Å². The maximum atomic E-state index is 13.8. The molecule has 4 aromatic rings. The van der Waals surface area contributed by atoms with E-state index in [9.17, 15) is 27.6 Å². The predicted octanol–water partition coefficient (Wildman–Crippen LogP) is 4.77. The van der Waals surface area contributed by atoms with Crippen molar-refractivity contribution in [1.82, 2.24) is 25.2 Å². The van der Waals surface area contributed by atoms with Crippen LogP contribution >= 0.6 is 0 Å². The van der Waals surface area contributed by atoms with Crippen molar-refractivity contribution >= 4 is 46.1 Å². The van der Waals surface area contributed by atoms with Gasteiger partial charge in [-0.2, -0.15) is 18.3 Å². The van der Waals surface area contributed by atoms with Gasteiger partial charge in [0.25, 0.3) is 5.91 Å². The fourth-order valence-electron chi connectivity index (χ4n) is 5.78. The van der Waals surface area contributed by atoms with Crippen LogP contribution in [0.3, 0.4) is 0 Å². The first-order chi connectivity index (χ1) is 24.8. The topological polar surface area (TPSA) is 183 Å². The highest BCUT2D eigenvalue weighted by Gasteiger charge is 2.38. The Morgan fingerprint density at radius 3 is 2.42 bits per heavy atom. The van der Waals surface area contributed by atoms with Gasteiger partial charge in [0, 0.05) is 62.3 Å². The quantitative estimate of drug-likeness (QED) is 0.178. The summed E-state index contributed by atoms with van der Waals surface area (Å²) in [4.78, 5) is 57.9. The van der Waals surface area contributed by atoms with Crippen LogP contribution in [0.4, 0.5) is 23.7 Å². The number of fused-ring (bicyclic) bond motifs is 2. The van der Waals surface area contributed by atoms with Crippen LogP contribution in [-0.2, 0) is 27.5 Å². The molecule has 0 fully saturated rings. The number of nitrogens with zero attached hydrogens (tertiary/aromatic N) is 5. The van der Waals surface area contributed by atoms with E-state index in [2.05, 4.69) is 20.6 Å². The van der Waals surface area contributed by atoms with Gasteiger partial charge >= 0.3 is 18.2 Å². The molecule has 52 heavy (non-hydrogen) atoms. The fourth-order valence-corrected chi connectivity index (χ4v) is 5.78. The second-order valence-corrected chi connectivity index (χ2v) is 12.3. The Morgan fingerprint density at radius 1 is 1.00 bits per heavy atom. The molecule has 4 heterocycles. The lowest BCUT2D eigenvalue weighted by Gasteiger charge is -2.30. The van der Waals surface area contributed by atoms with Crippen molar-refractivity contribution in [2.45, 2.75) is 57.4 Å². The second-order valence-electron chi connectivity index (χ2n) is 12.3. The van der Waals surface area contributed by atoms with Gasteiger partial charge in [0.15, 0.2) is 0 Å². The maximum Gasteiger partial charge on any atom is 0.490 e. The number of urea groups is 1. The number of carboxylic acids is 1. The molecule has 2 aliphatic heterocycles. The molecule has 0 saturated carbocycles. The number of aromatic nitrogens is 2. The molecule has 0 aliphatic carbocycles. The van der Waals surface area contributed by atoms with Gasteiger partial charge in [0.1, 0.15) is 0 Å². The Hall–Kier alpha value is -5.90. The summed E-state index contributed by atoms with van der Waals surface area (Å²) in [6, 6.07) is 18.5. The molecule has 2 atom stereocenters. The summed E-state index contributed by atoms with van der Waals surface area (Å²) in [5, 5.41) is 20.2. The van der Waals surface area contributed by atoms with Gasteiger partial charge in [-0.15, -0.1) is 0 Å². The number of nitrogens with two attached hydrogens (primary N) is 1. The third-order valence-electron chi connectivity index (χ3n) is 8.48. The average molecular weight is 719 g/mol. The molecule has 0 saturated heterocycles. The van der Waals surface area contributed by atoms with Gasteiger partial charge in [-0.25, -0.2) is 14.6 Å².